The summed E-state index contributed by atoms with van der Waals surface area (Å²) in [4.78, 5) is 34.1. The average molecular weight is 402 g/mol. The number of likely N-dealkylation sites (tertiary alicyclic amines) is 1. The van der Waals surface area contributed by atoms with E-state index in [9.17, 15) is 9.59 Å². The van der Waals surface area contributed by atoms with E-state index >= 15 is 0 Å². The van der Waals surface area contributed by atoms with Gasteiger partial charge in [-0.05, 0) is 49.7 Å². The molecular formula is C23H22N4O3. The molecule has 0 aliphatic carbocycles. The maximum Gasteiger partial charge on any atom is 0.248 e. The van der Waals surface area contributed by atoms with E-state index in [-0.39, 0.29) is 5.91 Å². The molecule has 1 aliphatic heterocycles. The molecule has 7 nitrogen and oxygen atoms in total. The van der Waals surface area contributed by atoms with Gasteiger partial charge in [0.2, 0.25) is 11.8 Å². The number of hydrogen-bond donors (Lipinski definition) is 1. The lowest BCUT2D eigenvalue weighted by Crippen LogP contribution is -2.24. The molecule has 152 valence electrons. The Balaban J connectivity index is 1.59. The normalized spacial score (nSPS) is 13.5. The third kappa shape index (κ3) is 4.30. The molecule has 3 aromatic rings. The lowest BCUT2D eigenvalue weighted by Gasteiger charge is -2.19. The smallest absolute Gasteiger partial charge is 0.248 e. The predicted octanol–water partition coefficient (Wildman–Crippen LogP) is 3.47. The Morgan fingerprint density at radius 2 is 1.93 bits per heavy atom. The molecule has 2 N–H and O–H groups in total. The molecule has 7 heteroatoms. The summed E-state index contributed by atoms with van der Waals surface area (Å²) in [5, 5.41) is 0. The van der Waals surface area contributed by atoms with Crippen LogP contribution in [0.15, 0.2) is 54.9 Å². The number of amides is 2. The van der Waals surface area contributed by atoms with Crippen LogP contribution in [0.1, 0.15) is 34.5 Å². The highest BCUT2D eigenvalue weighted by atomic mass is 16.5. The van der Waals surface area contributed by atoms with E-state index in [0.717, 1.165) is 35.5 Å². The first kappa shape index (κ1) is 19.6. The van der Waals surface area contributed by atoms with Crippen LogP contribution in [0.4, 0.5) is 0 Å². The number of primary amides is 1. The van der Waals surface area contributed by atoms with Crippen molar-refractivity contribution in [3.05, 3.63) is 71.7 Å². The molecule has 0 atom stereocenters. The number of nitrogens with two attached hydrogens (primary N) is 1. The van der Waals surface area contributed by atoms with Crippen molar-refractivity contribution < 1.29 is 14.3 Å². The first-order valence-corrected chi connectivity index (χ1v) is 9.77. The van der Waals surface area contributed by atoms with E-state index in [1.165, 1.54) is 0 Å². The average Bonchev–Trinajstić information content (AvgIpc) is 3.15. The Morgan fingerprint density at radius 1 is 1.13 bits per heavy atom. The number of carbonyl (C=O) groups is 2. The Hall–Kier alpha value is -3.74. The molecule has 1 fully saturated rings. The van der Waals surface area contributed by atoms with Crippen LogP contribution < -0.4 is 10.5 Å². The Kier molecular flexibility index (Phi) is 5.43. The molecule has 1 aliphatic rings. The van der Waals surface area contributed by atoms with E-state index in [1.54, 1.807) is 35.5 Å². The molecule has 1 saturated heterocycles. The number of aryl methyl sites for hydroxylation is 1. The molecule has 0 unspecified atom stereocenters. The van der Waals surface area contributed by atoms with Crippen molar-refractivity contribution in [3.8, 4) is 22.8 Å². The van der Waals surface area contributed by atoms with Crippen LogP contribution in [0, 0.1) is 6.92 Å². The standard InChI is InChI=1S/C23H22N4O3/c1-15-12-26-20(13-25-15)16-6-8-19(9-7-16)30-21-11-17(23(24)29)4-5-18(21)14-27-10-2-3-22(27)28/h4-9,11-13H,2-3,10,14H2,1H3,(H2,24,29). The number of carbonyl (C=O) groups excluding carboxylic acids is 2. The molecule has 0 bridgehead atoms. The van der Waals surface area contributed by atoms with Gasteiger partial charge >= 0.3 is 0 Å². The zero-order valence-electron chi connectivity index (χ0n) is 16.7. The maximum absolute atomic E-state index is 12.0. The Bertz CT molecular complexity index is 1080. The summed E-state index contributed by atoms with van der Waals surface area (Å²) in [6.07, 6.45) is 4.88. The number of hydrogen-bond acceptors (Lipinski definition) is 5. The maximum atomic E-state index is 12.0. The van der Waals surface area contributed by atoms with Crippen LogP contribution >= 0.6 is 0 Å². The highest BCUT2D eigenvalue weighted by Crippen LogP contribution is 2.30. The first-order chi connectivity index (χ1) is 14.5. The lowest BCUT2D eigenvalue weighted by molar-refractivity contribution is -0.128. The van der Waals surface area contributed by atoms with Gasteiger partial charge in [0.05, 0.1) is 17.6 Å². The van der Waals surface area contributed by atoms with E-state index in [0.29, 0.717) is 30.0 Å². The molecule has 0 spiro atoms. The van der Waals surface area contributed by atoms with Crippen molar-refractivity contribution in [2.45, 2.75) is 26.3 Å². The van der Waals surface area contributed by atoms with Gasteiger partial charge in [-0.2, -0.15) is 0 Å². The second-order valence-electron chi connectivity index (χ2n) is 7.28. The predicted molar refractivity (Wildman–Crippen MR) is 112 cm³/mol. The minimum atomic E-state index is -0.531. The Labute approximate surface area is 174 Å². The minimum Gasteiger partial charge on any atom is -0.457 e. The fourth-order valence-corrected chi connectivity index (χ4v) is 3.37. The van der Waals surface area contributed by atoms with Gasteiger partial charge < -0.3 is 15.4 Å². The molecule has 0 radical (unpaired) electrons. The molecule has 0 saturated carbocycles. The molecule has 4 rings (SSSR count). The zero-order valence-corrected chi connectivity index (χ0v) is 16.7. The summed E-state index contributed by atoms with van der Waals surface area (Å²) < 4.78 is 6.07. The summed E-state index contributed by atoms with van der Waals surface area (Å²) in [7, 11) is 0. The molecule has 2 amide bonds. The van der Waals surface area contributed by atoms with Crippen molar-refractivity contribution in [2.24, 2.45) is 5.73 Å². The zero-order chi connectivity index (χ0) is 21.1. The quantitative estimate of drug-likeness (QED) is 0.681. The van der Waals surface area contributed by atoms with Crippen molar-refractivity contribution in [1.82, 2.24) is 14.9 Å². The van der Waals surface area contributed by atoms with Gasteiger partial charge in [0.1, 0.15) is 11.5 Å². The number of nitrogens with zero attached hydrogens (tertiary/aromatic N) is 3. The molecular weight excluding hydrogens is 380 g/mol. The van der Waals surface area contributed by atoms with E-state index in [4.69, 9.17) is 10.5 Å². The number of ether oxygens (including phenoxy) is 1. The van der Waals surface area contributed by atoms with E-state index < -0.39 is 5.91 Å². The third-order valence-corrected chi connectivity index (χ3v) is 5.04. The lowest BCUT2D eigenvalue weighted by atomic mass is 10.1. The number of aromatic nitrogens is 2. The molecule has 2 aromatic carbocycles. The second-order valence-corrected chi connectivity index (χ2v) is 7.28. The van der Waals surface area contributed by atoms with Crippen molar-refractivity contribution in [2.75, 3.05) is 6.54 Å². The first-order valence-electron chi connectivity index (χ1n) is 9.77. The van der Waals surface area contributed by atoms with Crippen LogP contribution in [0.25, 0.3) is 11.3 Å². The highest BCUT2D eigenvalue weighted by molar-refractivity contribution is 5.93. The van der Waals surface area contributed by atoms with Crippen molar-refractivity contribution >= 4 is 11.8 Å². The summed E-state index contributed by atoms with van der Waals surface area (Å²) in [6, 6.07) is 12.5. The molecule has 2 heterocycles. The monoisotopic (exact) mass is 402 g/mol. The molecule has 1 aromatic heterocycles. The molecule has 30 heavy (non-hydrogen) atoms. The van der Waals surface area contributed by atoms with Gasteiger partial charge in [-0.25, -0.2) is 0 Å². The largest absolute Gasteiger partial charge is 0.457 e. The van der Waals surface area contributed by atoms with Gasteiger partial charge in [-0.1, -0.05) is 6.07 Å². The SMILES string of the molecule is Cc1cnc(-c2ccc(Oc3cc(C(N)=O)ccc3CN3CCCC3=O)cc2)cn1. The summed E-state index contributed by atoms with van der Waals surface area (Å²) in [5.41, 5.74) is 9.16. The topological polar surface area (TPSA) is 98.4 Å². The minimum absolute atomic E-state index is 0.128. The van der Waals surface area contributed by atoms with Crippen molar-refractivity contribution in [3.63, 3.8) is 0 Å². The van der Waals surface area contributed by atoms with Gasteiger partial charge in [0, 0.05) is 42.4 Å². The number of rotatable bonds is 6. The summed E-state index contributed by atoms with van der Waals surface area (Å²) in [5.74, 6) is 0.712. The summed E-state index contributed by atoms with van der Waals surface area (Å²) in [6.45, 7) is 3.05. The van der Waals surface area contributed by atoms with Crippen LogP contribution in [0.3, 0.4) is 0 Å². The van der Waals surface area contributed by atoms with Gasteiger partial charge in [0.25, 0.3) is 0 Å². The van der Waals surface area contributed by atoms with Crippen LogP contribution in [0.5, 0.6) is 11.5 Å². The van der Waals surface area contributed by atoms with Crippen molar-refractivity contribution in [1.29, 1.82) is 0 Å². The van der Waals surface area contributed by atoms with Crippen LogP contribution in [0.2, 0.25) is 0 Å². The fraction of sp³-hybridized carbons (Fsp3) is 0.217. The van der Waals surface area contributed by atoms with Gasteiger partial charge in [-0.15, -0.1) is 0 Å². The Morgan fingerprint density at radius 3 is 2.57 bits per heavy atom. The third-order valence-electron chi connectivity index (χ3n) is 5.04. The van der Waals surface area contributed by atoms with E-state index in [1.807, 2.05) is 31.2 Å². The van der Waals surface area contributed by atoms with Crippen LogP contribution in [-0.4, -0.2) is 33.2 Å². The fourth-order valence-electron chi connectivity index (χ4n) is 3.37. The number of benzene rings is 2. The highest BCUT2D eigenvalue weighted by Gasteiger charge is 2.22. The van der Waals surface area contributed by atoms with E-state index in [2.05, 4.69) is 9.97 Å². The van der Waals surface area contributed by atoms with Gasteiger partial charge in [-0.3, -0.25) is 19.6 Å². The van der Waals surface area contributed by atoms with Gasteiger partial charge in [0.15, 0.2) is 0 Å². The van der Waals surface area contributed by atoms with Crippen LogP contribution in [-0.2, 0) is 11.3 Å². The summed E-state index contributed by atoms with van der Waals surface area (Å²) >= 11 is 0. The second kappa shape index (κ2) is 8.32.